The molecule has 3 heterocycles. The zero-order valence-corrected chi connectivity index (χ0v) is 14.1. The Labute approximate surface area is 133 Å². The lowest BCUT2D eigenvalue weighted by molar-refractivity contribution is 0.385. The topological polar surface area (TPSA) is 63.8 Å². The Kier molecular flexibility index (Phi) is 3.87. The number of hydrogen-bond donors (Lipinski definition) is 1. The SMILES string of the molecule is CCc1cc2c(NCc3ncc(C(C)(C)C)o3)ncnc2s1. The minimum Gasteiger partial charge on any atom is -0.443 e. The molecule has 0 fully saturated rings. The highest BCUT2D eigenvalue weighted by molar-refractivity contribution is 7.18. The van der Waals surface area contributed by atoms with Gasteiger partial charge in [0.2, 0.25) is 5.89 Å². The maximum Gasteiger partial charge on any atom is 0.213 e. The van der Waals surface area contributed by atoms with Crippen LogP contribution in [0.3, 0.4) is 0 Å². The fourth-order valence-electron chi connectivity index (χ4n) is 2.12. The van der Waals surface area contributed by atoms with Crippen molar-refractivity contribution in [1.82, 2.24) is 15.0 Å². The molecule has 0 atom stereocenters. The van der Waals surface area contributed by atoms with Crippen molar-refractivity contribution in [2.45, 2.75) is 46.1 Å². The Balaban J connectivity index is 1.79. The van der Waals surface area contributed by atoms with E-state index in [4.69, 9.17) is 4.42 Å². The molecule has 0 saturated heterocycles. The number of rotatable bonds is 4. The second kappa shape index (κ2) is 5.68. The molecule has 0 aliphatic heterocycles. The first-order valence-corrected chi connectivity index (χ1v) is 8.21. The van der Waals surface area contributed by atoms with Crippen LogP contribution in [0.5, 0.6) is 0 Å². The number of anilines is 1. The average Bonchev–Trinajstić information content (AvgIpc) is 3.10. The molecule has 0 bridgehead atoms. The Morgan fingerprint density at radius 2 is 2.05 bits per heavy atom. The largest absolute Gasteiger partial charge is 0.443 e. The van der Waals surface area contributed by atoms with E-state index in [2.05, 4.69) is 54.0 Å². The van der Waals surface area contributed by atoms with Crippen LogP contribution in [0.4, 0.5) is 5.82 Å². The summed E-state index contributed by atoms with van der Waals surface area (Å²) in [4.78, 5) is 15.3. The average molecular weight is 316 g/mol. The van der Waals surface area contributed by atoms with E-state index in [1.807, 2.05) is 0 Å². The smallest absolute Gasteiger partial charge is 0.213 e. The van der Waals surface area contributed by atoms with Gasteiger partial charge in [-0.3, -0.25) is 0 Å². The molecule has 0 radical (unpaired) electrons. The van der Waals surface area contributed by atoms with Gasteiger partial charge in [0, 0.05) is 10.3 Å². The quantitative estimate of drug-likeness (QED) is 0.783. The lowest BCUT2D eigenvalue weighted by Crippen LogP contribution is -2.09. The molecule has 0 aliphatic carbocycles. The molecule has 22 heavy (non-hydrogen) atoms. The number of nitrogens with zero attached hydrogens (tertiary/aromatic N) is 3. The molecule has 5 nitrogen and oxygen atoms in total. The van der Waals surface area contributed by atoms with E-state index < -0.39 is 0 Å². The summed E-state index contributed by atoms with van der Waals surface area (Å²) in [5, 5.41) is 4.37. The van der Waals surface area contributed by atoms with E-state index in [-0.39, 0.29) is 5.41 Å². The highest BCUT2D eigenvalue weighted by atomic mass is 32.1. The first-order chi connectivity index (χ1) is 10.5. The summed E-state index contributed by atoms with van der Waals surface area (Å²) in [6, 6.07) is 2.15. The van der Waals surface area contributed by atoms with Crippen LogP contribution in [0, 0.1) is 0 Å². The van der Waals surface area contributed by atoms with Gasteiger partial charge in [-0.2, -0.15) is 0 Å². The van der Waals surface area contributed by atoms with Gasteiger partial charge in [-0.25, -0.2) is 15.0 Å². The summed E-state index contributed by atoms with van der Waals surface area (Å²) >= 11 is 1.71. The number of aryl methyl sites for hydroxylation is 1. The van der Waals surface area contributed by atoms with Crippen molar-refractivity contribution in [3.8, 4) is 0 Å². The number of thiophene rings is 1. The van der Waals surface area contributed by atoms with Gasteiger partial charge in [0.1, 0.15) is 22.7 Å². The van der Waals surface area contributed by atoms with Gasteiger partial charge in [-0.05, 0) is 12.5 Å². The third-order valence-electron chi connectivity index (χ3n) is 3.43. The molecule has 0 saturated carbocycles. The Hall–Kier alpha value is -1.95. The molecule has 116 valence electrons. The first-order valence-electron chi connectivity index (χ1n) is 7.40. The highest BCUT2D eigenvalue weighted by Crippen LogP contribution is 2.29. The normalized spacial score (nSPS) is 12.0. The standard InChI is InChI=1S/C16H20N4OS/c1-5-10-6-11-14(19-9-20-15(11)22-10)18-8-13-17-7-12(21-13)16(2,3)4/h6-7,9H,5,8H2,1-4H3,(H,18,19,20). The maximum absolute atomic E-state index is 5.79. The van der Waals surface area contributed by atoms with Crippen molar-refractivity contribution in [3.63, 3.8) is 0 Å². The summed E-state index contributed by atoms with van der Waals surface area (Å²) in [6.45, 7) is 8.98. The molecule has 1 N–H and O–H groups in total. The number of nitrogens with one attached hydrogen (secondary N) is 1. The summed E-state index contributed by atoms with van der Waals surface area (Å²) in [5.41, 5.74) is -0.0309. The van der Waals surface area contributed by atoms with Crippen molar-refractivity contribution in [2.75, 3.05) is 5.32 Å². The first kappa shape index (κ1) is 15.0. The molecular formula is C16H20N4OS. The Morgan fingerprint density at radius 3 is 2.73 bits per heavy atom. The van der Waals surface area contributed by atoms with Gasteiger partial charge in [-0.1, -0.05) is 27.7 Å². The third-order valence-corrected chi connectivity index (χ3v) is 4.62. The zero-order valence-electron chi connectivity index (χ0n) is 13.3. The molecule has 0 amide bonds. The van der Waals surface area contributed by atoms with Crippen LogP contribution in [-0.2, 0) is 18.4 Å². The third kappa shape index (κ3) is 2.97. The van der Waals surface area contributed by atoms with Crippen molar-refractivity contribution >= 4 is 27.4 Å². The fraction of sp³-hybridized carbons (Fsp3) is 0.438. The summed E-state index contributed by atoms with van der Waals surface area (Å²) in [6.07, 6.45) is 4.40. The van der Waals surface area contributed by atoms with E-state index in [1.165, 1.54) is 4.88 Å². The van der Waals surface area contributed by atoms with Crippen LogP contribution in [-0.4, -0.2) is 15.0 Å². The van der Waals surface area contributed by atoms with Crippen LogP contribution in [0.1, 0.15) is 44.2 Å². The molecule has 6 heteroatoms. The molecule has 0 aliphatic rings. The van der Waals surface area contributed by atoms with E-state index in [0.717, 1.165) is 28.2 Å². The summed E-state index contributed by atoms with van der Waals surface area (Å²) in [5.74, 6) is 2.39. The number of aromatic nitrogens is 3. The monoisotopic (exact) mass is 316 g/mol. The van der Waals surface area contributed by atoms with Gasteiger partial charge in [0.25, 0.3) is 0 Å². The van der Waals surface area contributed by atoms with Gasteiger partial charge in [-0.15, -0.1) is 11.3 Å². The second-order valence-electron chi connectivity index (χ2n) is 6.23. The Bertz CT molecular complexity index is 785. The van der Waals surface area contributed by atoms with Crippen LogP contribution >= 0.6 is 11.3 Å². The van der Waals surface area contributed by atoms with E-state index in [9.17, 15) is 0 Å². The molecule has 0 unspecified atom stereocenters. The molecule has 0 aromatic carbocycles. The van der Waals surface area contributed by atoms with Crippen LogP contribution in [0.2, 0.25) is 0 Å². The van der Waals surface area contributed by atoms with E-state index in [1.54, 1.807) is 23.9 Å². The second-order valence-corrected chi connectivity index (χ2v) is 7.34. The van der Waals surface area contributed by atoms with Gasteiger partial charge >= 0.3 is 0 Å². The molecule has 0 spiro atoms. The lowest BCUT2D eigenvalue weighted by atomic mass is 9.94. The number of fused-ring (bicyclic) bond motifs is 1. The molecule has 3 rings (SSSR count). The van der Waals surface area contributed by atoms with Crippen LogP contribution < -0.4 is 5.32 Å². The number of hydrogen-bond acceptors (Lipinski definition) is 6. The summed E-state index contributed by atoms with van der Waals surface area (Å²) < 4.78 is 5.79. The highest BCUT2D eigenvalue weighted by Gasteiger charge is 2.19. The predicted molar refractivity (Wildman–Crippen MR) is 89.3 cm³/mol. The fourth-order valence-corrected chi connectivity index (χ4v) is 3.05. The molecular weight excluding hydrogens is 296 g/mol. The van der Waals surface area contributed by atoms with Gasteiger partial charge < -0.3 is 9.73 Å². The lowest BCUT2D eigenvalue weighted by Gasteiger charge is -2.13. The van der Waals surface area contributed by atoms with Crippen LogP contribution in [0.15, 0.2) is 23.0 Å². The predicted octanol–water partition coefficient (Wildman–Crippen LogP) is 4.15. The minimum absolute atomic E-state index is 0.0309. The maximum atomic E-state index is 5.79. The van der Waals surface area contributed by atoms with E-state index in [0.29, 0.717) is 12.4 Å². The van der Waals surface area contributed by atoms with Crippen molar-refractivity contribution in [2.24, 2.45) is 0 Å². The molecule has 3 aromatic heterocycles. The summed E-state index contributed by atoms with van der Waals surface area (Å²) in [7, 11) is 0. The van der Waals surface area contributed by atoms with Gasteiger partial charge in [0.05, 0.1) is 18.1 Å². The minimum atomic E-state index is -0.0309. The van der Waals surface area contributed by atoms with Gasteiger partial charge in [0.15, 0.2) is 0 Å². The zero-order chi connectivity index (χ0) is 15.7. The van der Waals surface area contributed by atoms with Crippen molar-refractivity contribution in [3.05, 3.63) is 35.1 Å². The van der Waals surface area contributed by atoms with Crippen molar-refractivity contribution < 1.29 is 4.42 Å². The molecule has 3 aromatic rings. The van der Waals surface area contributed by atoms with E-state index >= 15 is 0 Å². The number of oxazole rings is 1. The Morgan fingerprint density at radius 1 is 1.23 bits per heavy atom. The van der Waals surface area contributed by atoms with Crippen molar-refractivity contribution in [1.29, 1.82) is 0 Å². The van der Waals surface area contributed by atoms with Crippen LogP contribution in [0.25, 0.3) is 10.2 Å².